The number of likely N-dealkylation sites (tertiary alicyclic amines) is 4. The summed E-state index contributed by atoms with van der Waals surface area (Å²) in [7, 11) is 4.36. The Morgan fingerprint density at radius 2 is 1.14 bits per heavy atom. The third kappa shape index (κ3) is 10.7. The summed E-state index contributed by atoms with van der Waals surface area (Å²) in [5.74, 6) is 0.519. The number of hydrogen-bond acceptors (Lipinski definition) is 6. The average Bonchev–Trinajstić information content (AvgIpc) is 3.09. The van der Waals surface area contributed by atoms with Crippen LogP contribution in [0.4, 0.5) is 0 Å². The molecule has 0 aliphatic carbocycles. The van der Waals surface area contributed by atoms with E-state index in [0.717, 1.165) is 70.5 Å². The van der Waals surface area contributed by atoms with Crippen LogP contribution in [0.15, 0.2) is 36.4 Å². The van der Waals surface area contributed by atoms with Crippen LogP contribution in [0.5, 0.6) is 0 Å². The van der Waals surface area contributed by atoms with Crippen LogP contribution in [0.3, 0.4) is 0 Å². The van der Waals surface area contributed by atoms with E-state index in [4.69, 9.17) is 52.1 Å². The van der Waals surface area contributed by atoms with Gasteiger partial charge in [0.05, 0.1) is 38.0 Å². The molecule has 2 unspecified atom stereocenters. The summed E-state index contributed by atoms with van der Waals surface area (Å²) in [5.41, 5.74) is 8.06. The van der Waals surface area contributed by atoms with Gasteiger partial charge in [0.1, 0.15) is 0 Å². The Labute approximate surface area is 313 Å². The fraction of sp³-hybridized carbons (Fsp3) is 0.632. The summed E-state index contributed by atoms with van der Waals surface area (Å²) in [4.78, 5) is 21.9. The molecule has 4 heterocycles. The lowest BCUT2D eigenvalue weighted by Crippen LogP contribution is -2.52. The maximum absolute atomic E-state index is 12.1. The molecule has 4 aliphatic rings. The van der Waals surface area contributed by atoms with Gasteiger partial charge in [-0.3, -0.25) is 14.6 Å². The topological polar surface area (TPSA) is 79.8 Å². The highest BCUT2D eigenvalue weighted by Gasteiger charge is 2.37. The SMILES string of the molecule is CN1CCC(N2CCC(Cc3ccc(Cl)c(Cl)c3)[C@H](C#N)C2)CC1.CN1CCC(N2CCC(Cc3ccc(Cl)c(Cl)c3)[C@H](C(N)=O)C2)CC1. The van der Waals surface area contributed by atoms with Gasteiger partial charge in [0.2, 0.25) is 5.91 Å². The summed E-state index contributed by atoms with van der Waals surface area (Å²) in [5, 5.41) is 12.0. The maximum Gasteiger partial charge on any atom is 0.222 e. The van der Waals surface area contributed by atoms with Gasteiger partial charge in [0.25, 0.3) is 0 Å². The molecule has 2 aromatic rings. The quantitative estimate of drug-likeness (QED) is 0.324. The number of benzene rings is 2. The highest BCUT2D eigenvalue weighted by Crippen LogP contribution is 2.33. The molecule has 11 heteroatoms. The number of nitrogens with two attached hydrogens (primary N) is 1. The molecule has 1 amide bonds. The molecular weight excluding hydrogens is 698 g/mol. The van der Waals surface area contributed by atoms with Gasteiger partial charge in [0.15, 0.2) is 0 Å². The number of hydrogen-bond donors (Lipinski definition) is 1. The Kier molecular flexibility index (Phi) is 14.4. The van der Waals surface area contributed by atoms with Crippen molar-refractivity contribution >= 4 is 52.3 Å². The van der Waals surface area contributed by atoms with Gasteiger partial charge < -0.3 is 15.5 Å². The van der Waals surface area contributed by atoms with Gasteiger partial charge in [-0.1, -0.05) is 58.5 Å². The molecule has 4 saturated heterocycles. The first-order chi connectivity index (χ1) is 23.5. The van der Waals surface area contributed by atoms with E-state index in [9.17, 15) is 10.1 Å². The minimum absolute atomic E-state index is 0.0946. The first-order valence-corrected chi connectivity index (χ1v) is 19.4. The number of primary amides is 1. The van der Waals surface area contributed by atoms with Crippen molar-refractivity contribution in [2.24, 2.45) is 29.4 Å². The van der Waals surface area contributed by atoms with Crippen LogP contribution in [0.1, 0.15) is 49.7 Å². The van der Waals surface area contributed by atoms with Crippen LogP contribution in [0, 0.1) is 35.0 Å². The van der Waals surface area contributed by atoms with Gasteiger partial charge >= 0.3 is 0 Å². The molecular formula is C38H52Cl4N6O. The van der Waals surface area contributed by atoms with Crippen molar-refractivity contribution < 1.29 is 4.79 Å². The Bertz CT molecular complexity index is 1440. The minimum atomic E-state index is -0.178. The van der Waals surface area contributed by atoms with E-state index >= 15 is 0 Å². The molecule has 0 radical (unpaired) electrons. The summed E-state index contributed by atoms with van der Waals surface area (Å²) < 4.78 is 0. The minimum Gasteiger partial charge on any atom is -0.369 e. The van der Waals surface area contributed by atoms with Crippen LogP contribution in [0.2, 0.25) is 20.1 Å². The lowest BCUT2D eigenvalue weighted by Gasteiger charge is -2.43. The van der Waals surface area contributed by atoms with Crippen molar-refractivity contribution in [2.75, 3.05) is 66.5 Å². The van der Waals surface area contributed by atoms with Crippen molar-refractivity contribution in [1.82, 2.24) is 19.6 Å². The molecule has 49 heavy (non-hydrogen) atoms. The number of amides is 1. The molecule has 4 fully saturated rings. The molecule has 7 nitrogen and oxygen atoms in total. The summed E-state index contributed by atoms with van der Waals surface area (Å²) in [6.07, 6.45) is 8.64. The predicted octanol–water partition coefficient (Wildman–Crippen LogP) is 7.15. The zero-order chi connectivity index (χ0) is 35.1. The van der Waals surface area contributed by atoms with Crippen molar-refractivity contribution in [3.63, 3.8) is 0 Å². The molecule has 0 aromatic heterocycles. The number of halogens is 4. The van der Waals surface area contributed by atoms with Crippen molar-refractivity contribution in [2.45, 2.75) is 63.5 Å². The third-order valence-corrected chi connectivity index (χ3v) is 13.0. The number of nitrogens with zero attached hydrogens (tertiary/aromatic N) is 5. The zero-order valence-corrected chi connectivity index (χ0v) is 32.0. The molecule has 4 aliphatic heterocycles. The third-order valence-electron chi connectivity index (χ3n) is 11.5. The Hall–Kier alpha value is -1.60. The van der Waals surface area contributed by atoms with Gasteiger partial charge in [-0.15, -0.1) is 0 Å². The van der Waals surface area contributed by atoms with Gasteiger partial charge in [-0.05, 0) is 152 Å². The van der Waals surface area contributed by atoms with Crippen molar-refractivity contribution in [3.8, 4) is 6.07 Å². The second kappa shape index (κ2) is 18.2. The number of carbonyl (C=O) groups excluding carboxylic acids is 1. The predicted molar refractivity (Wildman–Crippen MR) is 203 cm³/mol. The number of carbonyl (C=O) groups is 1. The number of nitriles is 1. The highest BCUT2D eigenvalue weighted by molar-refractivity contribution is 6.42. The molecule has 0 saturated carbocycles. The van der Waals surface area contributed by atoms with Crippen molar-refractivity contribution in [1.29, 1.82) is 5.26 Å². The van der Waals surface area contributed by atoms with E-state index < -0.39 is 0 Å². The van der Waals surface area contributed by atoms with Crippen LogP contribution in [-0.4, -0.2) is 104 Å². The lowest BCUT2D eigenvalue weighted by atomic mass is 9.80. The van der Waals surface area contributed by atoms with Crippen LogP contribution < -0.4 is 5.73 Å². The summed E-state index contributed by atoms with van der Waals surface area (Å²) in [6.45, 7) is 8.47. The lowest BCUT2D eigenvalue weighted by molar-refractivity contribution is -0.126. The normalized spacial score (nSPS) is 26.9. The highest BCUT2D eigenvalue weighted by atomic mass is 35.5. The largest absolute Gasteiger partial charge is 0.369 e. The number of piperidine rings is 4. The summed E-state index contributed by atoms with van der Waals surface area (Å²) >= 11 is 24.3. The molecule has 0 bridgehead atoms. The molecule has 2 aromatic carbocycles. The Morgan fingerprint density at radius 1 is 0.694 bits per heavy atom. The second-order valence-corrected chi connectivity index (χ2v) is 16.4. The van der Waals surface area contributed by atoms with E-state index in [1.807, 2.05) is 36.4 Å². The van der Waals surface area contributed by atoms with Gasteiger partial charge in [-0.25, -0.2) is 0 Å². The van der Waals surface area contributed by atoms with Crippen LogP contribution in [0.25, 0.3) is 0 Å². The first kappa shape index (κ1) is 38.6. The monoisotopic (exact) mass is 748 g/mol. The van der Waals surface area contributed by atoms with E-state index in [1.54, 1.807) is 0 Å². The molecule has 2 N–H and O–H groups in total. The Balaban J connectivity index is 0.000000191. The first-order valence-electron chi connectivity index (χ1n) is 17.9. The smallest absolute Gasteiger partial charge is 0.222 e. The molecule has 6 rings (SSSR count). The summed E-state index contributed by atoms with van der Waals surface area (Å²) in [6, 6.07) is 15.4. The Morgan fingerprint density at radius 3 is 1.59 bits per heavy atom. The van der Waals surface area contributed by atoms with Crippen LogP contribution in [-0.2, 0) is 17.6 Å². The van der Waals surface area contributed by atoms with Gasteiger partial charge in [0, 0.05) is 25.2 Å². The van der Waals surface area contributed by atoms with E-state index in [1.165, 1.54) is 44.3 Å². The average molecular weight is 751 g/mol. The van der Waals surface area contributed by atoms with Crippen molar-refractivity contribution in [3.05, 3.63) is 67.6 Å². The fourth-order valence-electron chi connectivity index (χ4n) is 8.33. The molecule has 4 atom stereocenters. The molecule has 0 spiro atoms. The zero-order valence-electron chi connectivity index (χ0n) is 29.0. The van der Waals surface area contributed by atoms with E-state index in [0.29, 0.717) is 38.1 Å². The molecule has 268 valence electrons. The standard InChI is InChI=1S/C19H27Cl2N3O.C19H25Cl2N3/c1-23-7-5-15(6-8-23)24-9-4-14(16(12-24)19(22)25)10-13-2-3-17(20)18(21)11-13;1-23-7-5-17(6-8-23)24-9-4-15(16(12-22)13-24)10-14-2-3-18(20)19(21)11-14/h2-3,11,14-16H,4-10,12H2,1H3,(H2,22,25);2-3,11,15-17H,4-10,13H2,1H3/t14?,16-;15?,16-/m11/s1. The maximum atomic E-state index is 12.1. The van der Waals surface area contributed by atoms with Crippen LogP contribution >= 0.6 is 46.4 Å². The fourth-order valence-corrected chi connectivity index (χ4v) is 8.97. The van der Waals surface area contributed by atoms with E-state index in [-0.39, 0.29) is 23.7 Å². The van der Waals surface area contributed by atoms with E-state index in [2.05, 4.69) is 39.8 Å². The van der Waals surface area contributed by atoms with Gasteiger partial charge in [-0.2, -0.15) is 5.26 Å². The number of rotatable bonds is 7. The second-order valence-electron chi connectivity index (χ2n) is 14.8.